The van der Waals surface area contributed by atoms with E-state index < -0.39 is 5.91 Å². The van der Waals surface area contributed by atoms with E-state index in [-0.39, 0.29) is 17.6 Å². The number of aromatic nitrogens is 4. The Hall–Kier alpha value is -3.11. The highest BCUT2D eigenvalue weighted by atomic mass is 32.1. The molecule has 2 heterocycles. The third-order valence-electron chi connectivity index (χ3n) is 5.11. The lowest BCUT2D eigenvalue weighted by atomic mass is 9.91. The van der Waals surface area contributed by atoms with E-state index in [0.717, 1.165) is 46.9 Å². The van der Waals surface area contributed by atoms with Crippen LogP contribution in [0.2, 0.25) is 0 Å². The minimum Gasteiger partial charge on any atom is -0.365 e. The number of hydrogen-bond acceptors (Lipinski definition) is 9. The number of hydrogen-bond donors (Lipinski definition) is 4. The first-order chi connectivity index (χ1) is 14.5. The maximum atomic E-state index is 11.9. The number of benzene rings is 1. The van der Waals surface area contributed by atoms with Gasteiger partial charge in [-0.15, -0.1) is 10.2 Å². The molecule has 9 nitrogen and oxygen atoms in total. The maximum absolute atomic E-state index is 11.9. The molecule has 0 spiro atoms. The fourth-order valence-corrected chi connectivity index (χ4v) is 4.17. The summed E-state index contributed by atoms with van der Waals surface area (Å²) in [7, 11) is 0. The molecule has 0 radical (unpaired) electrons. The number of anilines is 3. The van der Waals surface area contributed by atoms with Crippen molar-refractivity contribution in [2.45, 2.75) is 44.7 Å². The molecule has 2 aromatic heterocycles. The van der Waals surface area contributed by atoms with E-state index in [1.54, 1.807) is 0 Å². The standard InChI is InChI=1S/C20H24N8OS/c1-11-27-28-19(30-11)12-6-8-13(9-7-12)24-18-14(17(22)29)10-23-20(26-18)25-16-5-3-2-4-15(16)21/h6-10,15-16H,2-5,21H2,1H3,(H2,22,29)(H2,23,24,25,26)/t15-,16+/m0/s1. The molecule has 4 rings (SSSR count). The summed E-state index contributed by atoms with van der Waals surface area (Å²) in [4.78, 5) is 20.6. The van der Waals surface area contributed by atoms with Crippen LogP contribution in [0.15, 0.2) is 30.5 Å². The Morgan fingerprint density at radius 3 is 2.60 bits per heavy atom. The fraction of sp³-hybridized carbons (Fsp3) is 0.350. The van der Waals surface area contributed by atoms with E-state index in [9.17, 15) is 4.79 Å². The lowest BCUT2D eigenvalue weighted by molar-refractivity contribution is 0.100. The second-order valence-electron chi connectivity index (χ2n) is 7.35. The first kappa shape index (κ1) is 20.2. The molecule has 0 bridgehead atoms. The number of primary amides is 1. The van der Waals surface area contributed by atoms with Crippen LogP contribution in [0.5, 0.6) is 0 Å². The SMILES string of the molecule is Cc1nnc(-c2ccc(Nc3nc(N[C@@H]4CCCC[C@@H]4N)ncc3C(N)=O)cc2)s1. The van der Waals surface area contributed by atoms with Crippen molar-refractivity contribution in [2.75, 3.05) is 10.6 Å². The van der Waals surface area contributed by atoms with Crippen molar-refractivity contribution in [3.05, 3.63) is 41.0 Å². The molecule has 0 unspecified atom stereocenters. The van der Waals surface area contributed by atoms with Crippen LogP contribution < -0.4 is 22.1 Å². The highest BCUT2D eigenvalue weighted by molar-refractivity contribution is 7.14. The summed E-state index contributed by atoms with van der Waals surface area (Å²) in [6.07, 6.45) is 5.64. The van der Waals surface area contributed by atoms with Crippen LogP contribution in [0.25, 0.3) is 10.6 Å². The van der Waals surface area contributed by atoms with Crippen molar-refractivity contribution >= 4 is 34.7 Å². The van der Waals surface area contributed by atoms with Gasteiger partial charge in [0.25, 0.3) is 5.91 Å². The summed E-state index contributed by atoms with van der Waals surface area (Å²) in [6.45, 7) is 1.92. The Kier molecular flexibility index (Phi) is 5.86. The molecule has 1 amide bonds. The molecule has 1 aromatic carbocycles. The second kappa shape index (κ2) is 8.72. The van der Waals surface area contributed by atoms with E-state index in [2.05, 4.69) is 30.8 Å². The van der Waals surface area contributed by atoms with Crippen LogP contribution in [-0.4, -0.2) is 38.2 Å². The van der Waals surface area contributed by atoms with E-state index >= 15 is 0 Å². The van der Waals surface area contributed by atoms with Crippen LogP contribution in [0.3, 0.4) is 0 Å². The van der Waals surface area contributed by atoms with E-state index in [0.29, 0.717) is 11.8 Å². The number of nitrogens with one attached hydrogen (secondary N) is 2. The molecule has 30 heavy (non-hydrogen) atoms. The number of rotatable bonds is 6. The zero-order valence-corrected chi connectivity index (χ0v) is 17.4. The van der Waals surface area contributed by atoms with Gasteiger partial charge in [0.05, 0.1) is 0 Å². The Bertz CT molecular complexity index is 1040. The van der Waals surface area contributed by atoms with Crippen molar-refractivity contribution in [1.29, 1.82) is 0 Å². The third kappa shape index (κ3) is 4.55. The quantitative estimate of drug-likeness (QED) is 0.473. The molecule has 0 saturated heterocycles. The zero-order valence-electron chi connectivity index (χ0n) is 16.6. The average Bonchev–Trinajstić information content (AvgIpc) is 3.17. The predicted molar refractivity (Wildman–Crippen MR) is 118 cm³/mol. The van der Waals surface area contributed by atoms with Crippen molar-refractivity contribution in [1.82, 2.24) is 20.2 Å². The molecule has 2 atom stereocenters. The Labute approximate surface area is 178 Å². The van der Waals surface area contributed by atoms with Crippen LogP contribution in [-0.2, 0) is 0 Å². The largest absolute Gasteiger partial charge is 0.365 e. The molecule has 0 aliphatic heterocycles. The first-order valence-corrected chi connectivity index (χ1v) is 10.7. The molecule has 6 N–H and O–H groups in total. The third-order valence-corrected chi connectivity index (χ3v) is 6.00. The Morgan fingerprint density at radius 1 is 1.17 bits per heavy atom. The lowest BCUT2D eigenvalue weighted by Crippen LogP contribution is -2.43. The summed E-state index contributed by atoms with van der Waals surface area (Å²) in [6, 6.07) is 7.83. The molecule has 3 aromatic rings. The minimum atomic E-state index is -0.598. The van der Waals surface area contributed by atoms with Crippen LogP contribution in [0.1, 0.15) is 41.0 Å². The maximum Gasteiger partial charge on any atom is 0.254 e. The van der Waals surface area contributed by atoms with E-state index in [4.69, 9.17) is 11.5 Å². The second-order valence-corrected chi connectivity index (χ2v) is 8.53. The Balaban J connectivity index is 1.55. The van der Waals surface area contributed by atoms with Gasteiger partial charge in [0, 0.05) is 29.5 Å². The molecule has 10 heteroatoms. The zero-order chi connectivity index (χ0) is 21.1. The van der Waals surface area contributed by atoms with Gasteiger partial charge in [0.2, 0.25) is 5.95 Å². The molecule has 156 valence electrons. The molecule has 1 fully saturated rings. The van der Waals surface area contributed by atoms with Crippen molar-refractivity contribution < 1.29 is 4.79 Å². The van der Waals surface area contributed by atoms with Gasteiger partial charge in [0.15, 0.2) is 0 Å². The number of carbonyl (C=O) groups excluding carboxylic acids is 1. The molecule has 1 aliphatic rings. The van der Waals surface area contributed by atoms with Crippen LogP contribution >= 0.6 is 11.3 Å². The smallest absolute Gasteiger partial charge is 0.254 e. The minimum absolute atomic E-state index is 0.0612. The van der Waals surface area contributed by atoms with E-state index in [1.165, 1.54) is 17.5 Å². The van der Waals surface area contributed by atoms with Gasteiger partial charge in [-0.2, -0.15) is 4.98 Å². The molecular weight excluding hydrogens is 400 g/mol. The number of amides is 1. The normalized spacial score (nSPS) is 18.7. The van der Waals surface area contributed by atoms with Gasteiger partial charge in [0.1, 0.15) is 21.4 Å². The summed E-state index contributed by atoms with van der Waals surface area (Å²) >= 11 is 1.53. The molecule has 1 aliphatic carbocycles. The first-order valence-electron chi connectivity index (χ1n) is 9.86. The molecule has 1 saturated carbocycles. The summed E-state index contributed by atoms with van der Waals surface area (Å²) in [5.41, 5.74) is 13.7. The van der Waals surface area contributed by atoms with Crippen LogP contribution in [0, 0.1) is 6.92 Å². The van der Waals surface area contributed by atoms with Gasteiger partial charge in [-0.3, -0.25) is 4.79 Å². The highest BCUT2D eigenvalue weighted by Gasteiger charge is 2.23. The monoisotopic (exact) mass is 424 g/mol. The van der Waals surface area contributed by atoms with E-state index in [1.807, 2.05) is 31.2 Å². The van der Waals surface area contributed by atoms with Gasteiger partial charge in [-0.25, -0.2) is 4.98 Å². The van der Waals surface area contributed by atoms with Gasteiger partial charge < -0.3 is 22.1 Å². The highest BCUT2D eigenvalue weighted by Crippen LogP contribution is 2.27. The van der Waals surface area contributed by atoms with Crippen molar-refractivity contribution in [3.63, 3.8) is 0 Å². The topological polar surface area (TPSA) is 145 Å². The van der Waals surface area contributed by atoms with Gasteiger partial charge in [-0.1, -0.05) is 24.2 Å². The summed E-state index contributed by atoms with van der Waals surface area (Å²) < 4.78 is 0. The van der Waals surface area contributed by atoms with Crippen molar-refractivity contribution in [2.24, 2.45) is 11.5 Å². The average molecular weight is 425 g/mol. The number of nitrogens with zero attached hydrogens (tertiary/aromatic N) is 4. The lowest BCUT2D eigenvalue weighted by Gasteiger charge is -2.29. The predicted octanol–water partition coefficient (Wildman–Crippen LogP) is 2.83. The van der Waals surface area contributed by atoms with Gasteiger partial charge >= 0.3 is 0 Å². The van der Waals surface area contributed by atoms with Crippen molar-refractivity contribution in [3.8, 4) is 10.6 Å². The number of nitrogens with two attached hydrogens (primary N) is 2. The van der Waals surface area contributed by atoms with Gasteiger partial charge in [-0.05, 0) is 44.0 Å². The summed E-state index contributed by atoms with van der Waals surface area (Å²) in [5.74, 6) is 0.175. The Morgan fingerprint density at radius 2 is 1.93 bits per heavy atom. The molecular formula is C20H24N8OS. The number of aryl methyl sites for hydroxylation is 1. The number of carbonyl (C=O) groups is 1. The van der Waals surface area contributed by atoms with Crippen LogP contribution in [0.4, 0.5) is 17.5 Å². The summed E-state index contributed by atoms with van der Waals surface area (Å²) in [5, 5.41) is 16.4. The fourth-order valence-electron chi connectivity index (χ4n) is 3.48.